The average molecular weight is 434 g/mol. The maximum Gasteiger partial charge on any atom is 0.128 e. The number of aromatic nitrogens is 4. The van der Waals surface area contributed by atoms with Crippen LogP contribution in [0.5, 0.6) is 0 Å². The Morgan fingerprint density at radius 2 is 1.91 bits per heavy atom. The molecule has 32 heavy (non-hydrogen) atoms. The monoisotopic (exact) mass is 433 g/mol. The Morgan fingerprint density at radius 1 is 1.09 bits per heavy atom. The van der Waals surface area contributed by atoms with Crippen molar-refractivity contribution in [2.45, 2.75) is 38.8 Å². The summed E-state index contributed by atoms with van der Waals surface area (Å²) in [5.41, 5.74) is 4.25. The van der Waals surface area contributed by atoms with Gasteiger partial charge in [0.25, 0.3) is 0 Å². The number of ether oxygens (including phenoxy) is 2. The highest BCUT2D eigenvalue weighted by atomic mass is 16.5. The lowest BCUT2D eigenvalue weighted by Crippen LogP contribution is -2.37. The lowest BCUT2D eigenvalue weighted by molar-refractivity contribution is 0.0607. The van der Waals surface area contributed by atoms with Crippen molar-refractivity contribution in [2.75, 3.05) is 32.9 Å². The minimum atomic E-state index is 0.0695. The first-order valence-electron chi connectivity index (χ1n) is 11.5. The molecule has 0 radical (unpaired) electrons. The Labute approximate surface area is 189 Å². The molecule has 0 spiro atoms. The number of hydrogen-bond acceptors (Lipinski definition) is 5. The Kier molecular flexibility index (Phi) is 6.10. The Balaban J connectivity index is 1.46. The van der Waals surface area contributed by atoms with Gasteiger partial charge in [-0.3, -0.25) is 4.68 Å². The molecule has 168 valence electrons. The van der Waals surface area contributed by atoms with Crippen molar-refractivity contribution >= 4 is 5.82 Å². The maximum atomic E-state index is 5.88. The number of aryl methyl sites for hydroxylation is 1. The van der Waals surface area contributed by atoms with Crippen molar-refractivity contribution in [3.05, 3.63) is 66.1 Å². The minimum Gasteiger partial charge on any atom is -0.378 e. The first kappa shape index (κ1) is 21.0. The van der Waals surface area contributed by atoms with E-state index in [0.717, 1.165) is 74.2 Å². The van der Waals surface area contributed by atoms with Crippen LogP contribution < -0.4 is 0 Å². The van der Waals surface area contributed by atoms with Crippen molar-refractivity contribution in [3.63, 3.8) is 0 Å². The summed E-state index contributed by atoms with van der Waals surface area (Å²) in [6.07, 6.45) is 6.56. The zero-order valence-electron chi connectivity index (χ0n) is 18.9. The quantitative estimate of drug-likeness (QED) is 0.580. The third-order valence-corrected chi connectivity index (χ3v) is 6.20. The molecule has 2 aliphatic heterocycles. The van der Waals surface area contributed by atoms with Crippen molar-refractivity contribution in [2.24, 2.45) is 0 Å². The molecule has 2 aliphatic rings. The van der Waals surface area contributed by atoms with Crippen LogP contribution in [0.3, 0.4) is 0 Å². The first-order chi connectivity index (χ1) is 15.7. The van der Waals surface area contributed by atoms with Crippen LogP contribution in [0.1, 0.15) is 43.3 Å². The van der Waals surface area contributed by atoms with Gasteiger partial charge < -0.3 is 14.4 Å². The standard InChI is InChI=1S/C25H31N5O2/c1-19(29-11-10-22(26-29)21-7-4-3-5-8-21)18-25(28-12-15-31-16-13-28)30-20(2)17-23(27-30)24-9-6-14-32-24/h3-5,7-8,10-11,17-19,24H,6,9,12-16H2,1-2H3/b25-18-. The smallest absolute Gasteiger partial charge is 0.128 e. The fraction of sp³-hybridized carbons (Fsp3) is 0.440. The van der Waals surface area contributed by atoms with Crippen molar-refractivity contribution < 1.29 is 9.47 Å². The van der Waals surface area contributed by atoms with Gasteiger partial charge in [0.05, 0.1) is 30.6 Å². The molecule has 0 saturated carbocycles. The predicted molar refractivity (Wildman–Crippen MR) is 124 cm³/mol. The second-order valence-corrected chi connectivity index (χ2v) is 8.54. The van der Waals surface area contributed by atoms with E-state index < -0.39 is 0 Å². The summed E-state index contributed by atoms with van der Waals surface area (Å²) in [6.45, 7) is 8.26. The second kappa shape index (κ2) is 9.30. The van der Waals surface area contributed by atoms with E-state index in [4.69, 9.17) is 19.7 Å². The molecule has 7 heteroatoms. The SMILES string of the molecule is Cc1cc(C2CCCO2)nn1/C(=C\C(C)n1ccc(-c2ccccc2)n1)N1CCOCC1. The minimum absolute atomic E-state index is 0.0695. The van der Waals surface area contributed by atoms with E-state index in [2.05, 4.69) is 53.8 Å². The molecule has 2 unspecified atom stereocenters. The van der Waals surface area contributed by atoms with Gasteiger partial charge in [-0.2, -0.15) is 10.2 Å². The van der Waals surface area contributed by atoms with Gasteiger partial charge in [-0.25, -0.2) is 4.68 Å². The molecule has 0 bridgehead atoms. The number of benzene rings is 1. The fourth-order valence-electron chi connectivity index (χ4n) is 4.42. The van der Waals surface area contributed by atoms with Crippen molar-refractivity contribution in [3.8, 4) is 11.3 Å². The molecule has 0 amide bonds. The van der Waals surface area contributed by atoms with Crippen LogP contribution in [-0.2, 0) is 9.47 Å². The first-order valence-corrected chi connectivity index (χ1v) is 11.5. The molecule has 2 saturated heterocycles. The highest BCUT2D eigenvalue weighted by Gasteiger charge is 2.24. The highest BCUT2D eigenvalue weighted by Crippen LogP contribution is 2.30. The Morgan fingerprint density at radius 3 is 2.66 bits per heavy atom. The van der Waals surface area contributed by atoms with Crippen LogP contribution in [0.2, 0.25) is 0 Å². The number of hydrogen-bond donors (Lipinski definition) is 0. The molecule has 1 aromatic carbocycles. The predicted octanol–water partition coefficient (Wildman–Crippen LogP) is 4.30. The van der Waals surface area contributed by atoms with Crippen molar-refractivity contribution in [1.29, 1.82) is 0 Å². The summed E-state index contributed by atoms with van der Waals surface area (Å²) < 4.78 is 15.6. The van der Waals surface area contributed by atoms with E-state index in [1.165, 1.54) is 0 Å². The number of rotatable bonds is 6. The highest BCUT2D eigenvalue weighted by molar-refractivity contribution is 5.58. The lowest BCUT2D eigenvalue weighted by atomic mass is 10.2. The number of nitrogens with zero attached hydrogens (tertiary/aromatic N) is 5. The van der Waals surface area contributed by atoms with Crippen LogP contribution in [0, 0.1) is 6.92 Å². The maximum absolute atomic E-state index is 5.88. The summed E-state index contributed by atoms with van der Waals surface area (Å²) in [6, 6.07) is 14.6. The van der Waals surface area contributed by atoms with Crippen LogP contribution in [0.25, 0.3) is 17.1 Å². The Hall–Kier alpha value is -2.90. The zero-order chi connectivity index (χ0) is 21.9. The summed E-state index contributed by atoms with van der Waals surface area (Å²) in [7, 11) is 0. The van der Waals surface area contributed by atoms with Gasteiger partial charge in [-0.05, 0) is 44.9 Å². The van der Waals surface area contributed by atoms with E-state index in [1.807, 2.05) is 29.1 Å². The van der Waals surface area contributed by atoms with E-state index in [-0.39, 0.29) is 12.1 Å². The summed E-state index contributed by atoms with van der Waals surface area (Å²) in [5, 5.41) is 9.82. The third-order valence-electron chi connectivity index (χ3n) is 6.20. The van der Waals surface area contributed by atoms with E-state index in [9.17, 15) is 0 Å². The summed E-state index contributed by atoms with van der Waals surface area (Å²) in [4.78, 5) is 2.36. The van der Waals surface area contributed by atoms with Crippen LogP contribution in [-0.4, -0.2) is 57.4 Å². The third kappa shape index (κ3) is 4.36. The topological polar surface area (TPSA) is 57.3 Å². The molecule has 0 aliphatic carbocycles. The fourth-order valence-corrected chi connectivity index (χ4v) is 4.42. The van der Waals surface area contributed by atoms with Crippen molar-refractivity contribution in [1.82, 2.24) is 24.5 Å². The lowest BCUT2D eigenvalue weighted by Gasteiger charge is -2.32. The molecule has 0 N–H and O–H groups in total. The normalized spacial score (nSPS) is 20.6. The molecular formula is C25H31N5O2. The molecule has 4 heterocycles. The molecule has 3 aromatic rings. The summed E-state index contributed by atoms with van der Waals surface area (Å²) in [5.74, 6) is 1.08. The molecule has 5 rings (SSSR count). The molecule has 7 nitrogen and oxygen atoms in total. The van der Waals surface area contributed by atoms with Crippen LogP contribution in [0.15, 0.2) is 54.7 Å². The molecule has 2 atom stereocenters. The average Bonchev–Trinajstić information content (AvgIpc) is 3.59. The molecule has 2 fully saturated rings. The van der Waals surface area contributed by atoms with Gasteiger partial charge in [-0.15, -0.1) is 0 Å². The Bertz CT molecular complexity index is 1060. The molecule has 2 aromatic heterocycles. The van der Waals surface area contributed by atoms with E-state index in [0.29, 0.717) is 0 Å². The van der Waals surface area contributed by atoms with Gasteiger partial charge in [0.1, 0.15) is 11.9 Å². The van der Waals surface area contributed by atoms with Gasteiger partial charge >= 0.3 is 0 Å². The van der Waals surface area contributed by atoms with Gasteiger partial charge in [0.2, 0.25) is 0 Å². The number of morpholine rings is 1. The number of allylic oxidation sites excluding steroid dienone is 1. The van der Waals surface area contributed by atoms with Crippen LogP contribution in [0.4, 0.5) is 0 Å². The van der Waals surface area contributed by atoms with Gasteiger partial charge in [0.15, 0.2) is 0 Å². The van der Waals surface area contributed by atoms with E-state index >= 15 is 0 Å². The van der Waals surface area contributed by atoms with Crippen LogP contribution >= 0.6 is 0 Å². The van der Waals surface area contributed by atoms with Gasteiger partial charge in [-0.1, -0.05) is 30.3 Å². The zero-order valence-corrected chi connectivity index (χ0v) is 18.9. The summed E-state index contributed by atoms with van der Waals surface area (Å²) >= 11 is 0. The largest absolute Gasteiger partial charge is 0.378 e. The van der Waals surface area contributed by atoms with E-state index in [1.54, 1.807) is 0 Å². The van der Waals surface area contributed by atoms with Gasteiger partial charge in [0, 0.05) is 37.2 Å². The second-order valence-electron chi connectivity index (χ2n) is 8.54. The molecular weight excluding hydrogens is 402 g/mol.